The predicted molar refractivity (Wildman–Crippen MR) is 303 cm³/mol. The molecule has 2 saturated heterocycles. The molecule has 3 fully saturated rings. The molecule has 77 heavy (non-hydrogen) atoms. The van der Waals surface area contributed by atoms with Gasteiger partial charge in [-0.3, -0.25) is 34.6 Å². The van der Waals surface area contributed by atoms with Crippen molar-refractivity contribution in [3.05, 3.63) is 125 Å². The van der Waals surface area contributed by atoms with E-state index < -0.39 is 17.5 Å². The van der Waals surface area contributed by atoms with Gasteiger partial charge in [0.2, 0.25) is 11.8 Å². The number of hydrogen-bond donors (Lipinski definition) is 2. The maximum atomic E-state index is 14.2. The fourth-order valence-electron chi connectivity index (χ4n) is 12.0. The van der Waals surface area contributed by atoms with Crippen LogP contribution in [-0.4, -0.2) is 99.3 Å². The fourth-order valence-corrected chi connectivity index (χ4v) is 12.9. The van der Waals surface area contributed by atoms with E-state index in [4.69, 9.17) is 19.6 Å². The lowest BCUT2D eigenvalue weighted by molar-refractivity contribution is -0.134. The minimum Gasteiger partial charge on any atom is -0.490 e. The molecule has 3 aromatic heterocycles. The Morgan fingerprint density at radius 1 is 0.857 bits per heavy atom. The minimum absolute atomic E-state index is 0.0869. The summed E-state index contributed by atoms with van der Waals surface area (Å²) < 4.78 is 15.8. The van der Waals surface area contributed by atoms with Crippen molar-refractivity contribution < 1.29 is 28.7 Å². The molecule has 2 N–H and O–H groups in total. The lowest BCUT2D eigenvalue weighted by atomic mass is 9.78. The first kappa shape index (κ1) is 51.9. The number of amides is 3. The molecule has 3 amide bonds. The van der Waals surface area contributed by atoms with E-state index in [1.54, 1.807) is 0 Å². The number of carbonyl (C=O) groups excluding carboxylic acids is 4. The Kier molecular flexibility index (Phi) is 14.6. The van der Waals surface area contributed by atoms with E-state index >= 15 is 0 Å². The fraction of sp³-hybridized carbons (Fsp3) is 0.426. The number of aromatic nitrogens is 4. The van der Waals surface area contributed by atoms with Gasteiger partial charge in [0.05, 0.1) is 27.3 Å². The molecule has 400 valence electrons. The van der Waals surface area contributed by atoms with Crippen molar-refractivity contribution in [3.8, 4) is 16.9 Å². The summed E-state index contributed by atoms with van der Waals surface area (Å²) in [6, 6.07) is 30.2. The molecule has 3 unspecified atom stereocenters. The highest BCUT2D eigenvalue weighted by atomic mass is 32.1. The highest BCUT2D eigenvalue weighted by Gasteiger charge is 2.34. The number of benzene rings is 4. The molecule has 4 aliphatic rings. The van der Waals surface area contributed by atoms with Crippen LogP contribution in [0.15, 0.2) is 91.0 Å². The number of anilines is 3. The number of pyridine rings is 1. The number of nitrogens with zero attached hydrogens (tertiary/aromatic N) is 7. The van der Waals surface area contributed by atoms with E-state index in [0.717, 1.165) is 107 Å². The number of aryl methyl sites for hydroxylation is 1. The van der Waals surface area contributed by atoms with Gasteiger partial charge in [-0.25, -0.2) is 14.8 Å². The first-order valence-corrected chi connectivity index (χ1v) is 28.3. The van der Waals surface area contributed by atoms with E-state index in [1.165, 1.54) is 29.9 Å². The Morgan fingerprint density at radius 2 is 1.68 bits per heavy atom. The molecular formula is C61H69N9O6S. The Hall–Kier alpha value is -7.17. The molecule has 6 heterocycles. The number of hydrogen-bond acceptors (Lipinski definition) is 13. The highest BCUT2D eigenvalue weighted by Crippen LogP contribution is 2.40. The number of imide groups is 1. The summed E-state index contributed by atoms with van der Waals surface area (Å²) >= 11 is 1.45. The van der Waals surface area contributed by atoms with Gasteiger partial charge in [0, 0.05) is 74.9 Å². The van der Waals surface area contributed by atoms with Crippen LogP contribution in [0.2, 0.25) is 0 Å². The van der Waals surface area contributed by atoms with Gasteiger partial charge in [0.15, 0.2) is 10.8 Å². The first-order chi connectivity index (χ1) is 37.1. The Morgan fingerprint density at radius 3 is 2.47 bits per heavy atom. The molecule has 4 atom stereocenters. The molecule has 1 saturated carbocycles. The van der Waals surface area contributed by atoms with Gasteiger partial charge in [0.1, 0.15) is 23.3 Å². The van der Waals surface area contributed by atoms with Crippen molar-refractivity contribution in [3.63, 3.8) is 0 Å². The number of rotatable bonds is 13. The zero-order valence-electron chi connectivity index (χ0n) is 45.1. The summed E-state index contributed by atoms with van der Waals surface area (Å²) in [6.07, 6.45) is 7.26. The van der Waals surface area contributed by atoms with Crippen molar-refractivity contribution in [2.75, 3.05) is 54.4 Å². The largest absolute Gasteiger partial charge is 0.490 e. The standard InChI is InChI=1S/C61H69N9O6S/c1-37-34-39(12-11-28-68-30-32-69(33-31-68)41-20-21-45-49(35-41)67(6)66-55(45)46-23-26-54(71)64-58(46)73)19-24-50(37)75-51-17-10-14-42(38(51)2)43-22-25-53(63-56(43)59(74)76-61(3,4)5)70-29-27-40-13-9-15-44(47(40)36-70)57(72)65-60-62-48-16-7-8-18-52(48)77-60/h7-10,13-18,20-22,25,35,37,39,46,50H,11-12,19,23-24,26-34,36H2,1-6H3,(H,62,65,72)(H,64,71,73)/t37?,39?,46-,50?/m1/s1. The van der Waals surface area contributed by atoms with Crippen molar-refractivity contribution in [1.82, 2.24) is 30.0 Å². The Balaban J connectivity index is 0.702. The monoisotopic (exact) mass is 1060 g/mol. The molecule has 16 heteroatoms. The molecular weight excluding hydrogens is 987 g/mol. The topological polar surface area (TPSA) is 164 Å². The SMILES string of the molecule is Cc1c(OC2CCC(CCCN3CCN(c4ccc5c([C@H]6CCC(=O)NC6=O)nn(C)c5c4)CC3)CC2C)cccc1-c1ccc(N2CCc3cccc(C(=O)Nc4nc5ccccc5s4)c3C2)nc1C(=O)OC(C)(C)C. The second kappa shape index (κ2) is 21.7. The summed E-state index contributed by atoms with van der Waals surface area (Å²) in [5.41, 5.74) is 8.42. The van der Waals surface area contributed by atoms with E-state index in [1.807, 2.05) is 99.2 Å². The van der Waals surface area contributed by atoms with Crippen LogP contribution >= 0.6 is 11.3 Å². The maximum absolute atomic E-state index is 14.2. The van der Waals surface area contributed by atoms with E-state index in [9.17, 15) is 19.2 Å². The lowest BCUT2D eigenvalue weighted by Gasteiger charge is -2.37. The Labute approximate surface area is 454 Å². The number of nitrogens with one attached hydrogen (secondary N) is 2. The second-order valence-corrected chi connectivity index (χ2v) is 23.6. The van der Waals surface area contributed by atoms with Crippen LogP contribution in [0.4, 0.5) is 16.6 Å². The average molecular weight is 1060 g/mol. The molecule has 3 aliphatic heterocycles. The number of ether oxygens (including phenoxy) is 2. The summed E-state index contributed by atoms with van der Waals surface area (Å²) in [7, 11) is 1.92. The zero-order valence-corrected chi connectivity index (χ0v) is 45.9. The van der Waals surface area contributed by atoms with E-state index in [-0.39, 0.29) is 29.5 Å². The number of para-hydroxylation sites is 1. The number of carbonyl (C=O) groups is 4. The maximum Gasteiger partial charge on any atom is 0.358 e. The number of fused-ring (bicyclic) bond motifs is 3. The summed E-state index contributed by atoms with van der Waals surface area (Å²) in [4.78, 5) is 69.3. The van der Waals surface area contributed by atoms with Crippen molar-refractivity contribution in [1.29, 1.82) is 0 Å². The van der Waals surface area contributed by atoms with Gasteiger partial charge in [0.25, 0.3) is 5.91 Å². The van der Waals surface area contributed by atoms with Gasteiger partial charge in [-0.05, 0) is 168 Å². The molecule has 11 rings (SSSR count). The molecule has 0 spiro atoms. The van der Waals surface area contributed by atoms with Gasteiger partial charge in [-0.2, -0.15) is 5.10 Å². The quantitative estimate of drug-likeness (QED) is 0.0831. The van der Waals surface area contributed by atoms with Crippen LogP contribution in [0.25, 0.3) is 32.2 Å². The predicted octanol–water partition coefficient (Wildman–Crippen LogP) is 10.6. The van der Waals surface area contributed by atoms with E-state index in [0.29, 0.717) is 66.3 Å². The summed E-state index contributed by atoms with van der Waals surface area (Å²) in [5.74, 6) is 0.931. The van der Waals surface area contributed by atoms with Crippen molar-refractivity contribution in [2.24, 2.45) is 18.9 Å². The van der Waals surface area contributed by atoms with Gasteiger partial charge in [-0.1, -0.05) is 54.7 Å². The van der Waals surface area contributed by atoms with Crippen molar-refractivity contribution >= 4 is 72.8 Å². The van der Waals surface area contributed by atoms with Crippen LogP contribution in [0.3, 0.4) is 0 Å². The van der Waals surface area contributed by atoms with Gasteiger partial charge >= 0.3 is 5.97 Å². The third-order valence-corrected chi connectivity index (χ3v) is 17.1. The molecule has 0 radical (unpaired) electrons. The second-order valence-electron chi connectivity index (χ2n) is 22.5. The third-order valence-electron chi connectivity index (χ3n) is 16.1. The average Bonchev–Trinajstić information content (AvgIpc) is 3.99. The number of esters is 1. The van der Waals surface area contributed by atoms with Gasteiger partial charge in [-0.15, -0.1) is 0 Å². The number of piperazine rings is 1. The van der Waals surface area contributed by atoms with E-state index in [2.05, 4.69) is 68.4 Å². The first-order valence-electron chi connectivity index (χ1n) is 27.4. The molecule has 0 bridgehead atoms. The zero-order chi connectivity index (χ0) is 53.5. The van der Waals surface area contributed by atoms with Crippen LogP contribution in [0.5, 0.6) is 5.75 Å². The summed E-state index contributed by atoms with van der Waals surface area (Å²) in [5, 5.41) is 11.8. The van der Waals surface area contributed by atoms with Crippen LogP contribution < -0.4 is 25.2 Å². The smallest absolute Gasteiger partial charge is 0.358 e. The molecule has 7 aromatic rings. The van der Waals surface area contributed by atoms with Crippen LogP contribution in [0.1, 0.15) is 122 Å². The highest BCUT2D eigenvalue weighted by molar-refractivity contribution is 7.22. The number of piperidine rings is 1. The minimum atomic E-state index is -0.736. The van der Waals surface area contributed by atoms with Crippen LogP contribution in [0, 0.1) is 18.8 Å². The summed E-state index contributed by atoms with van der Waals surface area (Å²) in [6.45, 7) is 16.2. The molecule has 1 aliphatic carbocycles. The Bertz CT molecular complexity index is 3360. The lowest BCUT2D eigenvalue weighted by Crippen LogP contribution is -2.46. The third kappa shape index (κ3) is 11.2. The molecule has 15 nitrogen and oxygen atoms in total. The van der Waals surface area contributed by atoms with Crippen molar-refractivity contribution in [2.45, 2.75) is 110 Å². The normalized spacial score (nSPS) is 20.3. The van der Waals surface area contributed by atoms with Gasteiger partial charge < -0.3 is 19.3 Å². The van der Waals surface area contributed by atoms with Crippen LogP contribution in [-0.2, 0) is 34.3 Å². The number of thiazole rings is 1. The molecule has 4 aromatic carbocycles.